The molecule has 0 aromatic carbocycles. The van der Waals surface area contributed by atoms with Crippen molar-refractivity contribution in [3.05, 3.63) is 12.7 Å². The molecule has 0 bridgehead atoms. The molecule has 9 heavy (non-hydrogen) atoms. The summed E-state index contributed by atoms with van der Waals surface area (Å²) < 4.78 is 0. The first-order valence-corrected chi connectivity index (χ1v) is 2.34. The molecule has 0 rings (SSSR count). The maximum absolute atomic E-state index is 10.5. The first kappa shape index (κ1) is 7.84. The van der Waals surface area contributed by atoms with E-state index in [0.29, 0.717) is 6.41 Å². The van der Waals surface area contributed by atoms with Crippen molar-refractivity contribution in [1.29, 1.82) is 0 Å². The van der Waals surface area contributed by atoms with Crippen LogP contribution in [0.25, 0.3) is 0 Å². The summed E-state index contributed by atoms with van der Waals surface area (Å²) in [5.41, 5.74) is 4.99. The number of amides is 2. The average Bonchev–Trinajstić information content (AvgIpc) is 1.90. The number of nitrogens with zero attached hydrogens (tertiary/aromatic N) is 1. The molecule has 0 aliphatic carbocycles. The van der Waals surface area contributed by atoms with Crippen LogP contribution in [0.2, 0.25) is 0 Å². The number of hydrogen-bond acceptors (Lipinski definition) is 3. The molecular formula is C5H8N2O2. The zero-order valence-corrected chi connectivity index (χ0v) is 4.91. The second-order valence-corrected chi connectivity index (χ2v) is 1.30. The van der Waals surface area contributed by atoms with Gasteiger partial charge in [0.1, 0.15) is 0 Å². The maximum Gasteiger partial charge on any atom is 0.253 e. The summed E-state index contributed by atoms with van der Waals surface area (Å²) in [6.45, 7) is 3.07. The number of imide groups is 1. The Balaban J connectivity index is 3.93. The van der Waals surface area contributed by atoms with Gasteiger partial charge in [-0.1, -0.05) is 6.58 Å². The van der Waals surface area contributed by atoms with Crippen LogP contribution in [0, 0.1) is 0 Å². The molecule has 0 atom stereocenters. The van der Waals surface area contributed by atoms with E-state index in [1.54, 1.807) is 0 Å². The lowest BCUT2D eigenvalue weighted by Gasteiger charge is -2.07. The fourth-order valence-corrected chi connectivity index (χ4v) is 0.302. The third kappa shape index (κ3) is 2.05. The smallest absolute Gasteiger partial charge is 0.253 e. The normalized spacial score (nSPS) is 8.11. The second kappa shape index (κ2) is 3.80. The van der Waals surface area contributed by atoms with Gasteiger partial charge in [-0.25, -0.2) is 0 Å². The van der Waals surface area contributed by atoms with Gasteiger partial charge in [-0.05, 0) is 6.08 Å². The number of hydrogen-bond donors (Lipinski definition) is 1. The number of carbonyl (C=O) groups is 2. The molecule has 0 aromatic rings. The van der Waals surface area contributed by atoms with E-state index in [9.17, 15) is 9.59 Å². The lowest BCUT2D eigenvalue weighted by Crippen LogP contribution is -2.33. The van der Waals surface area contributed by atoms with Crippen LogP contribution >= 0.6 is 0 Å². The summed E-state index contributed by atoms with van der Waals surface area (Å²) in [6.07, 6.45) is 1.39. The fraction of sp³-hybridized carbons (Fsp3) is 0.200. The first-order valence-electron chi connectivity index (χ1n) is 2.34. The Labute approximate surface area is 52.9 Å². The number of carbonyl (C=O) groups excluding carboxylic acids is 2. The maximum atomic E-state index is 10.5. The zero-order chi connectivity index (χ0) is 7.28. The SMILES string of the molecule is C=CC(=O)N(C=O)CN. The Morgan fingerprint density at radius 2 is 2.33 bits per heavy atom. The molecular weight excluding hydrogens is 120 g/mol. The van der Waals surface area contributed by atoms with Gasteiger partial charge in [-0.2, -0.15) is 0 Å². The molecule has 0 spiro atoms. The standard InChI is InChI=1S/C5H8N2O2/c1-2-5(9)7(3-6)4-8/h2,4H,1,3,6H2. The van der Waals surface area contributed by atoms with Gasteiger partial charge in [0, 0.05) is 0 Å². The van der Waals surface area contributed by atoms with Gasteiger partial charge in [0.2, 0.25) is 6.41 Å². The van der Waals surface area contributed by atoms with Crippen molar-refractivity contribution >= 4 is 12.3 Å². The van der Waals surface area contributed by atoms with Gasteiger partial charge in [-0.3, -0.25) is 14.5 Å². The molecule has 0 fully saturated rings. The van der Waals surface area contributed by atoms with Crippen molar-refractivity contribution in [2.24, 2.45) is 5.73 Å². The van der Waals surface area contributed by atoms with Gasteiger partial charge >= 0.3 is 0 Å². The van der Waals surface area contributed by atoms with Gasteiger partial charge < -0.3 is 5.73 Å². The van der Waals surface area contributed by atoms with E-state index in [2.05, 4.69) is 6.58 Å². The molecule has 0 saturated carbocycles. The molecule has 0 aliphatic heterocycles. The van der Waals surface area contributed by atoms with Gasteiger partial charge in [0.15, 0.2) is 0 Å². The molecule has 4 heteroatoms. The van der Waals surface area contributed by atoms with Crippen molar-refractivity contribution < 1.29 is 9.59 Å². The van der Waals surface area contributed by atoms with Crippen LogP contribution in [-0.2, 0) is 9.59 Å². The fourth-order valence-electron chi connectivity index (χ4n) is 0.302. The first-order chi connectivity index (χ1) is 4.26. The number of rotatable bonds is 3. The highest BCUT2D eigenvalue weighted by molar-refractivity contribution is 5.94. The summed E-state index contributed by atoms with van der Waals surface area (Å²) in [5, 5.41) is 0. The molecule has 2 amide bonds. The molecule has 0 aromatic heterocycles. The predicted molar refractivity (Wildman–Crippen MR) is 32.2 cm³/mol. The van der Waals surface area contributed by atoms with E-state index in [1.807, 2.05) is 0 Å². The van der Waals surface area contributed by atoms with Crippen molar-refractivity contribution in [2.45, 2.75) is 0 Å². The minimum atomic E-state index is -0.479. The van der Waals surface area contributed by atoms with E-state index in [4.69, 9.17) is 5.73 Å². The number of nitrogens with two attached hydrogens (primary N) is 1. The molecule has 50 valence electrons. The van der Waals surface area contributed by atoms with Gasteiger partial charge in [-0.15, -0.1) is 0 Å². The molecule has 0 unspecified atom stereocenters. The molecule has 0 heterocycles. The predicted octanol–water partition coefficient (Wildman–Crippen LogP) is -0.926. The van der Waals surface area contributed by atoms with Crippen LogP contribution in [0.4, 0.5) is 0 Å². The molecule has 4 nitrogen and oxygen atoms in total. The Bertz CT molecular complexity index is 133. The monoisotopic (exact) mass is 128 g/mol. The minimum absolute atomic E-state index is 0.103. The molecule has 0 radical (unpaired) electrons. The topological polar surface area (TPSA) is 63.4 Å². The quantitative estimate of drug-likeness (QED) is 0.303. The van der Waals surface area contributed by atoms with Crippen LogP contribution in [0.3, 0.4) is 0 Å². The molecule has 0 saturated heterocycles. The van der Waals surface area contributed by atoms with Crippen LogP contribution in [0.5, 0.6) is 0 Å². The average molecular weight is 128 g/mol. The van der Waals surface area contributed by atoms with E-state index < -0.39 is 5.91 Å². The van der Waals surface area contributed by atoms with Crippen molar-refractivity contribution in [3.63, 3.8) is 0 Å². The van der Waals surface area contributed by atoms with E-state index >= 15 is 0 Å². The van der Waals surface area contributed by atoms with E-state index in [1.165, 1.54) is 0 Å². The summed E-state index contributed by atoms with van der Waals surface area (Å²) in [4.78, 5) is 21.2. The Morgan fingerprint density at radius 3 is 2.44 bits per heavy atom. The summed E-state index contributed by atoms with van der Waals surface area (Å²) >= 11 is 0. The Morgan fingerprint density at radius 1 is 1.78 bits per heavy atom. The lowest BCUT2D eigenvalue weighted by molar-refractivity contribution is -0.134. The Hall–Kier alpha value is -1.16. The highest BCUT2D eigenvalue weighted by Gasteiger charge is 2.03. The summed E-state index contributed by atoms with van der Waals surface area (Å²) in [6, 6.07) is 0. The zero-order valence-electron chi connectivity index (χ0n) is 4.91. The Kier molecular flexibility index (Phi) is 3.31. The van der Waals surface area contributed by atoms with Gasteiger partial charge in [0.25, 0.3) is 5.91 Å². The van der Waals surface area contributed by atoms with Crippen LogP contribution in [-0.4, -0.2) is 23.9 Å². The lowest BCUT2D eigenvalue weighted by atomic mass is 10.5. The highest BCUT2D eigenvalue weighted by atomic mass is 16.2. The van der Waals surface area contributed by atoms with Crippen molar-refractivity contribution in [3.8, 4) is 0 Å². The highest BCUT2D eigenvalue weighted by Crippen LogP contribution is 1.79. The van der Waals surface area contributed by atoms with Gasteiger partial charge in [0.05, 0.1) is 6.67 Å². The van der Waals surface area contributed by atoms with Crippen molar-refractivity contribution in [2.75, 3.05) is 6.67 Å². The minimum Gasteiger partial charge on any atom is -0.313 e. The van der Waals surface area contributed by atoms with Crippen molar-refractivity contribution in [1.82, 2.24) is 4.90 Å². The van der Waals surface area contributed by atoms with E-state index in [0.717, 1.165) is 11.0 Å². The van der Waals surface area contributed by atoms with E-state index in [-0.39, 0.29) is 6.67 Å². The third-order valence-corrected chi connectivity index (χ3v) is 0.782. The summed E-state index contributed by atoms with van der Waals surface area (Å²) in [7, 11) is 0. The van der Waals surface area contributed by atoms with Crippen LogP contribution in [0.1, 0.15) is 0 Å². The van der Waals surface area contributed by atoms with Crippen LogP contribution in [0.15, 0.2) is 12.7 Å². The van der Waals surface area contributed by atoms with Crippen LogP contribution < -0.4 is 5.73 Å². The third-order valence-electron chi connectivity index (χ3n) is 0.782. The second-order valence-electron chi connectivity index (χ2n) is 1.30. The molecule has 2 N–H and O–H groups in total. The summed E-state index contributed by atoms with van der Waals surface area (Å²) in [5.74, 6) is -0.479. The molecule has 0 aliphatic rings. The largest absolute Gasteiger partial charge is 0.313 e.